The van der Waals surface area contributed by atoms with Crippen LogP contribution in [0.3, 0.4) is 0 Å². The Hall–Kier alpha value is -1.51. The van der Waals surface area contributed by atoms with Crippen LogP contribution in [0.15, 0.2) is 24.3 Å². The number of hydrogen-bond acceptors (Lipinski definition) is 2. The number of carboxylic acids is 1. The lowest BCUT2D eigenvalue weighted by Crippen LogP contribution is -2.24. The van der Waals surface area contributed by atoms with Crippen LogP contribution in [0.4, 0.5) is 0 Å². The monoisotopic (exact) mass is 194 g/mol. The van der Waals surface area contributed by atoms with Gasteiger partial charge < -0.3 is 9.84 Å². The van der Waals surface area contributed by atoms with E-state index in [1.165, 1.54) is 6.07 Å². The minimum absolute atomic E-state index is 0.197. The van der Waals surface area contributed by atoms with E-state index in [0.717, 1.165) is 0 Å². The molecule has 3 nitrogen and oxygen atoms in total. The number of aromatic carboxylic acids is 1. The summed E-state index contributed by atoms with van der Waals surface area (Å²) in [4.78, 5) is 10.8. The van der Waals surface area contributed by atoms with Gasteiger partial charge in [0, 0.05) is 0 Å². The first kappa shape index (κ1) is 10.6. The van der Waals surface area contributed by atoms with E-state index in [1.54, 1.807) is 18.2 Å². The molecule has 3 heteroatoms. The third kappa shape index (κ3) is 2.76. The van der Waals surface area contributed by atoms with Crippen LogP contribution in [0.25, 0.3) is 0 Å². The lowest BCUT2D eigenvalue weighted by Gasteiger charge is -2.22. The third-order valence-electron chi connectivity index (χ3n) is 1.53. The van der Waals surface area contributed by atoms with Crippen molar-refractivity contribution in [2.45, 2.75) is 26.4 Å². The molecule has 76 valence electrons. The summed E-state index contributed by atoms with van der Waals surface area (Å²) < 4.78 is 5.51. The minimum Gasteiger partial charge on any atom is -0.487 e. The molecule has 1 rings (SSSR count). The van der Waals surface area contributed by atoms with Gasteiger partial charge in [-0.25, -0.2) is 4.79 Å². The molecule has 0 heterocycles. The van der Waals surface area contributed by atoms with E-state index in [2.05, 4.69) is 0 Å². The Balaban J connectivity index is 3.02. The normalized spacial score (nSPS) is 11.1. The maximum atomic E-state index is 10.8. The molecule has 0 saturated carbocycles. The highest BCUT2D eigenvalue weighted by atomic mass is 16.5. The van der Waals surface area contributed by atoms with E-state index in [0.29, 0.717) is 5.75 Å². The van der Waals surface area contributed by atoms with Crippen molar-refractivity contribution in [3.8, 4) is 5.75 Å². The number of ether oxygens (including phenoxy) is 1. The summed E-state index contributed by atoms with van der Waals surface area (Å²) >= 11 is 0. The predicted molar refractivity (Wildman–Crippen MR) is 53.8 cm³/mol. The zero-order chi connectivity index (χ0) is 10.8. The van der Waals surface area contributed by atoms with Gasteiger partial charge in [0.1, 0.15) is 16.9 Å². The molecule has 1 aromatic rings. The first-order valence-corrected chi connectivity index (χ1v) is 4.41. The Morgan fingerprint density at radius 3 is 2.36 bits per heavy atom. The Kier molecular flexibility index (Phi) is 2.79. The van der Waals surface area contributed by atoms with E-state index in [4.69, 9.17) is 9.84 Å². The van der Waals surface area contributed by atoms with E-state index in [9.17, 15) is 4.79 Å². The topological polar surface area (TPSA) is 46.5 Å². The Labute approximate surface area is 83.3 Å². The SMILES string of the molecule is CC(C)(C)Oc1ccccc1C(=O)O. The molecule has 0 spiro atoms. The van der Waals surface area contributed by atoms with Gasteiger partial charge in [-0.3, -0.25) is 0 Å². The number of hydrogen-bond donors (Lipinski definition) is 1. The highest BCUT2D eigenvalue weighted by Gasteiger charge is 2.16. The van der Waals surface area contributed by atoms with Crippen molar-refractivity contribution in [1.82, 2.24) is 0 Å². The van der Waals surface area contributed by atoms with Gasteiger partial charge in [0.25, 0.3) is 0 Å². The molecule has 0 aromatic heterocycles. The van der Waals surface area contributed by atoms with Crippen LogP contribution in [0, 0.1) is 0 Å². The molecule has 1 N–H and O–H groups in total. The smallest absolute Gasteiger partial charge is 0.339 e. The summed E-state index contributed by atoms with van der Waals surface area (Å²) in [6.07, 6.45) is 0. The second kappa shape index (κ2) is 3.70. The Bertz CT molecular complexity index is 337. The molecule has 1 aromatic carbocycles. The molecule has 0 aliphatic heterocycles. The van der Waals surface area contributed by atoms with Crippen molar-refractivity contribution >= 4 is 5.97 Å². The van der Waals surface area contributed by atoms with E-state index < -0.39 is 5.97 Å². The fourth-order valence-corrected chi connectivity index (χ4v) is 1.06. The molecule has 0 atom stereocenters. The number of benzene rings is 1. The molecular formula is C11H14O3. The van der Waals surface area contributed by atoms with Crippen LogP contribution in [0.1, 0.15) is 31.1 Å². The standard InChI is InChI=1S/C11H14O3/c1-11(2,3)14-9-7-5-4-6-8(9)10(12)13/h4-7H,1-3H3,(H,12,13). The van der Waals surface area contributed by atoms with Crippen LogP contribution in [0.2, 0.25) is 0 Å². The molecule has 0 unspecified atom stereocenters. The Morgan fingerprint density at radius 2 is 1.86 bits per heavy atom. The van der Waals surface area contributed by atoms with Gasteiger partial charge in [0.05, 0.1) is 0 Å². The number of para-hydroxylation sites is 1. The van der Waals surface area contributed by atoms with Gasteiger partial charge in [-0.05, 0) is 32.9 Å². The number of rotatable bonds is 2. The maximum Gasteiger partial charge on any atom is 0.339 e. The van der Waals surface area contributed by atoms with Gasteiger partial charge in [-0.2, -0.15) is 0 Å². The van der Waals surface area contributed by atoms with Crippen molar-refractivity contribution in [3.05, 3.63) is 29.8 Å². The van der Waals surface area contributed by atoms with Crippen molar-refractivity contribution in [1.29, 1.82) is 0 Å². The predicted octanol–water partition coefficient (Wildman–Crippen LogP) is 2.56. The second-order valence-electron chi connectivity index (χ2n) is 4.02. The van der Waals surface area contributed by atoms with E-state index in [-0.39, 0.29) is 11.2 Å². The van der Waals surface area contributed by atoms with Crippen LogP contribution in [0.5, 0.6) is 5.75 Å². The van der Waals surface area contributed by atoms with Gasteiger partial charge >= 0.3 is 5.97 Å². The lowest BCUT2D eigenvalue weighted by molar-refractivity contribution is 0.0681. The lowest BCUT2D eigenvalue weighted by atomic mass is 10.1. The molecule has 14 heavy (non-hydrogen) atoms. The number of carboxylic acid groups (broad SMARTS) is 1. The van der Waals surface area contributed by atoms with Crippen LogP contribution in [-0.2, 0) is 0 Å². The van der Waals surface area contributed by atoms with Gasteiger partial charge in [0.15, 0.2) is 0 Å². The van der Waals surface area contributed by atoms with Crippen LogP contribution >= 0.6 is 0 Å². The average Bonchev–Trinajstić information content (AvgIpc) is 2.01. The van der Waals surface area contributed by atoms with Gasteiger partial charge in [-0.15, -0.1) is 0 Å². The first-order valence-electron chi connectivity index (χ1n) is 4.41. The summed E-state index contributed by atoms with van der Waals surface area (Å²) in [5.41, 5.74) is -0.187. The fourth-order valence-electron chi connectivity index (χ4n) is 1.06. The van der Waals surface area contributed by atoms with Crippen molar-refractivity contribution in [3.63, 3.8) is 0 Å². The maximum absolute atomic E-state index is 10.8. The summed E-state index contributed by atoms with van der Waals surface area (Å²) in [6.45, 7) is 5.64. The fraction of sp³-hybridized carbons (Fsp3) is 0.364. The first-order chi connectivity index (χ1) is 6.40. The van der Waals surface area contributed by atoms with Crippen molar-refractivity contribution in [2.24, 2.45) is 0 Å². The van der Waals surface area contributed by atoms with E-state index >= 15 is 0 Å². The minimum atomic E-state index is -0.968. The summed E-state index contributed by atoms with van der Waals surface area (Å²) in [5, 5.41) is 8.88. The molecule has 0 aliphatic carbocycles. The molecular weight excluding hydrogens is 180 g/mol. The molecule has 0 bridgehead atoms. The van der Waals surface area contributed by atoms with Gasteiger partial charge in [-0.1, -0.05) is 12.1 Å². The Morgan fingerprint density at radius 1 is 1.29 bits per heavy atom. The highest BCUT2D eigenvalue weighted by molar-refractivity contribution is 5.90. The molecule has 0 amide bonds. The zero-order valence-electron chi connectivity index (χ0n) is 8.57. The van der Waals surface area contributed by atoms with E-state index in [1.807, 2.05) is 20.8 Å². The van der Waals surface area contributed by atoms with Crippen molar-refractivity contribution in [2.75, 3.05) is 0 Å². The zero-order valence-corrected chi connectivity index (χ0v) is 8.57. The largest absolute Gasteiger partial charge is 0.487 e. The van der Waals surface area contributed by atoms with Crippen LogP contribution in [-0.4, -0.2) is 16.7 Å². The number of carbonyl (C=O) groups is 1. The molecule has 0 saturated heterocycles. The van der Waals surface area contributed by atoms with Crippen molar-refractivity contribution < 1.29 is 14.6 Å². The quantitative estimate of drug-likeness (QED) is 0.787. The summed E-state index contributed by atoms with van der Waals surface area (Å²) in [6, 6.07) is 6.63. The molecule has 0 radical (unpaired) electrons. The second-order valence-corrected chi connectivity index (χ2v) is 4.02. The summed E-state index contributed by atoms with van der Waals surface area (Å²) in [7, 11) is 0. The summed E-state index contributed by atoms with van der Waals surface area (Å²) in [5.74, 6) is -0.558. The van der Waals surface area contributed by atoms with Crippen LogP contribution < -0.4 is 4.74 Å². The molecule has 0 fully saturated rings. The molecule has 0 aliphatic rings. The third-order valence-corrected chi connectivity index (χ3v) is 1.53. The average molecular weight is 194 g/mol. The van der Waals surface area contributed by atoms with Gasteiger partial charge in [0.2, 0.25) is 0 Å². The highest BCUT2D eigenvalue weighted by Crippen LogP contribution is 2.22.